The van der Waals surface area contributed by atoms with E-state index in [2.05, 4.69) is 5.32 Å². The lowest BCUT2D eigenvalue weighted by atomic mass is 9.98. The molecule has 1 aliphatic carbocycles. The Balaban J connectivity index is 1.36. The molecule has 172 valence electrons. The lowest BCUT2D eigenvalue weighted by molar-refractivity contribution is -0.385. The monoisotopic (exact) mass is 462 g/mol. The lowest BCUT2D eigenvalue weighted by Crippen LogP contribution is -2.26. The SMILES string of the molecule is O=C(NCC=Cc1cc([N+](=O)[O-])c(C(=O)O)cc1F)OCC1c2ccccc2-c2ccccc21. The highest BCUT2D eigenvalue weighted by Crippen LogP contribution is 2.44. The molecule has 4 rings (SSSR count). The van der Waals surface area contributed by atoms with Crippen molar-refractivity contribution >= 4 is 23.8 Å². The van der Waals surface area contributed by atoms with Crippen LogP contribution in [0.15, 0.2) is 66.7 Å². The van der Waals surface area contributed by atoms with E-state index in [9.17, 15) is 24.1 Å². The molecule has 0 unspecified atom stereocenters. The van der Waals surface area contributed by atoms with Crippen molar-refractivity contribution in [2.24, 2.45) is 0 Å². The molecule has 1 amide bonds. The van der Waals surface area contributed by atoms with Crippen molar-refractivity contribution in [2.75, 3.05) is 13.2 Å². The second kappa shape index (κ2) is 9.53. The highest BCUT2D eigenvalue weighted by molar-refractivity contribution is 5.93. The maximum atomic E-state index is 14.1. The molecule has 3 aromatic carbocycles. The number of nitro benzene ring substituents is 1. The van der Waals surface area contributed by atoms with Crippen molar-refractivity contribution in [3.05, 3.63) is 105 Å². The smallest absolute Gasteiger partial charge is 0.407 e. The van der Waals surface area contributed by atoms with Crippen LogP contribution in [0.2, 0.25) is 0 Å². The molecular formula is C25H19FN2O6. The fraction of sp³-hybridized carbons (Fsp3) is 0.120. The molecule has 34 heavy (non-hydrogen) atoms. The lowest BCUT2D eigenvalue weighted by Gasteiger charge is -2.14. The van der Waals surface area contributed by atoms with Crippen LogP contribution in [0.5, 0.6) is 0 Å². The number of hydrogen-bond donors (Lipinski definition) is 2. The minimum Gasteiger partial charge on any atom is -0.477 e. The van der Waals surface area contributed by atoms with Crippen molar-refractivity contribution in [3.63, 3.8) is 0 Å². The second-order valence-electron chi connectivity index (χ2n) is 7.56. The van der Waals surface area contributed by atoms with Crippen LogP contribution >= 0.6 is 0 Å². The predicted molar refractivity (Wildman–Crippen MR) is 122 cm³/mol. The zero-order chi connectivity index (χ0) is 24.2. The van der Waals surface area contributed by atoms with Crippen molar-refractivity contribution in [3.8, 4) is 11.1 Å². The number of carbonyl (C=O) groups is 2. The van der Waals surface area contributed by atoms with Gasteiger partial charge in [-0.2, -0.15) is 0 Å². The third-order valence-corrected chi connectivity index (χ3v) is 5.55. The van der Waals surface area contributed by atoms with E-state index >= 15 is 0 Å². The number of carboxylic acid groups (broad SMARTS) is 1. The Morgan fingerprint density at radius 2 is 1.71 bits per heavy atom. The number of rotatable bonds is 7. The van der Waals surface area contributed by atoms with Crippen molar-refractivity contribution < 1.29 is 28.7 Å². The quantitative estimate of drug-likeness (QED) is 0.377. The highest BCUT2D eigenvalue weighted by Gasteiger charge is 2.29. The van der Waals surface area contributed by atoms with E-state index in [1.807, 2.05) is 48.5 Å². The van der Waals surface area contributed by atoms with E-state index in [0.717, 1.165) is 28.3 Å². The molecule has 0 atom stereocenters. The van der Waals surface area contributed by atoms with Crippen molar-refractivity contribution in [1.82, 2.24) is 5.32 Å². The number of halogens is 1. The van der Waals surface area contributed by atoms with Crippen LogP contribution in [0.3, 0.4) is 0 Å². The molecule has 9 heteroatoms. The van der Waals surface area contributed by atoms with Crippen LogP contribution in [-0.4, -0.2) is 35.2 Å². The van der Waals surface area contributed by atoms with Crippen LogP contribution < -0.4 is 5.32 Å². The van der Waals surface area contributed by atoms with E-state index in [1.54, 1.807) is 0 Å². The Hall–Kier alpha value is -4.53. The zero-order valence-electron chi connectivity index (χ0n) is 17.7. The summed E-state index contributed by atoms with van der Waals surface area (Å²) >= 11 is 0. The van der Waals surface area contributed by atoms with Gasteiger partial charge in [-0.25, -0.2) is 14.0 Å². The maximum Gasteiger partial charge on any atom is 0.407 e. The van der Waals surface area contributed by atoms with Crippen LogP contribution in [-0.2, 0) is 4.74 Å². The summed E-state index contributed by atoms with van der Waals surface area (Å²) in [6.45, 7) is 0.117. The number of benzene rings is 3. The van der Waals surface area contributed by atoms with Crippen LogP contribution in [0.25, 0.3) is 17.2 Å². The van der Waals surface area contributed by atoms with Gasteiger partial charge in [0.15, 0.2) is 0 Å². The van der Waals surface area contributed by atoms with Crippen LogP contribution in [0.1, 0.15) is 33.0 Å². The first-order chi connectivity index (χ1) is 16.4. The fourth-order valence-electron chi connectivity index (χ4n) is 4.01. The van der Waals surface area contributed by atoms with Gasteiger partial charge >= 0.3 is 12.1 Å². The van der Waals surface area contributed by atoms with Crippen LogP contribution in [0, 0.1) is 15.9 Å². The number of aromatic carboxylic acids is 1. The summed E-state index contributed by atoms with van der Waals surface area (Å²) in [6, 6.07) is 17.3. The topological polar surface area (TPSA) is 119 Å². The van der Waals surface area contributed by atoms with Crippen molar-refractivity contribution in [2.45, 2.75) is 5.92 Å². The molecule has 0 saturated carbocycles. The summed E-state index contributed by atoms with van der Waals surface area (Å²) in [4.78, 5) is 33.4. The molecule has 0 fully saturated rings. The minimum atomic E-state index is -1.60. The predicted octanol–water partition coefficient (Wildman–Crippen LogP) is 4.98. The molecule has 0 saturated heterocycles. The first kappa shape index (κ1) is 22.7. The first-order valence-electron chi connectivity index (χ1n) is 10.3. The van der Waals surface area contributed by atoms with Gasteiger partial charge in [-0.3, -0.25) is 10.1 Å². The Morgan fingerprint density at radius 3 is 2.29 bits per heavy atom. The standard InChI is InChI=1S/C25H19FN2O6/c26-22-13-20(24(29)30)23(28(32)33)12-15(22)6-5-11-27-25(31)34-14-21-18-9-3-1-7-16(18)17-8-2-4-10-19(17)21/h1-10,12-13,21H,11,14H2,(H,27,31)(H,29,30). The highest BCUT2D eigenvalue weighted by atomic mass is 19.1. The third kappa shape index (κ3) is 4.49. The number of ether oxygens (including phenoxy) is 1. The van der Waals surface area contributed by atoms with Gasteiger partial charge in [0.05, 0.1) is 4.92 Å². The molecule has 0 spiro atoms. The van der Waals surface area contributed by atoms with Gasteiger partial charge in [0.1, 0.15) is 18.0 Å². The van der Waals surface area contributed by atoms with E-state index < -0.39 is 34.1 Å². The number of amides is 1. The van der Waals surface area contributed by atoms with E-state index in [0.29, 0.717) is 6.07 Å². The maximum absolute atomic E-state index is 14.1. The molecule has 3 aromatic rings. The Morgan fingerprint density at radius 1 is 1.09 bits per heavy atom. The largest absolute Gasteiger partial charge is 0.477 e. The third-order valence-electron chi connectivity index (χ3n) is 5.55. The van der Waals surface area contributed by atoms with Gasteiger partial charge in [0.2, 0.25) is 0 Å². The van der Waals surface area contributed by atoms with Gasteiger partial charge in [0, 0.05) is 24.1 Å². The average molecular weight is 462 g/mol. The van der Waals surface area contributed by atoms with E-state index in [1.165, 1.54) is 12.2 Å². The summed E-state index contributed by atoms with van der Waals surface area (Å²) in [5.74, 6) is -2.62. The normalized spacial score (nSPS) is 12.3. The molecule has 0 heterocycles. The Labute approximate surface area is 193 Å². The molecule has 2 N–H and O–H groups in total. The second-order valence-corrected chi connectivity index (χ2v) is 7.56. The summed E-state index contributed by atoms with van der Waals surface area (Å²) in [7, 11) is 0. The molecule has 0 aliphatic heterocycles. The van der Waals surface area contributed by atoms with Gasteiger partial charge in [-0.15, -0.1) is 0 Å². The average Bonchev–Trinajstić information content (AvgIpc) is 3.14. The number of nitrogens with one attached hydrogen (secondary N) is 1. The molecule has 0 radical (unpaired) electrons. The summed E-state index contributed by atoms with van der Waals surface area (Å²) in [6.07, 6.45) is 1.93. The van der Waals surface area contributed by atoms with E-state index in [4.69, 9.17) is 9.84 Å². The molecule has 0 bridgehead atoms. The fourth-order valence-corrected chi connectivity index (χ4v) is 4.01. The Kier molecular flexibility index (Phi) is 6.35. The van der Waals surface area contributed by atoms with Crippen LogP contribution in [0.4, 0.5) is 14.9 Å². The minimum absolute atomic E-state index is 0.0232. The van der Waals surface area contributed by atoms with Gasteiger partial charge in [0.25, 0.3) is 5.69 Å². The molecular weight excluding hydrogens is 443 g/mol. The van der Waals surface area contributed by atoms with Gasteiger partial charge in [-0.1, -0.05) is 60.7 Å². The molecule has 1 aliphatic rings. The number of carboxylic acids is 1. The number of alkyl carbamates (subject to hydrolysis) is 1. The zero-order valence-corrected chi connectivity index (χ0v) is 17.7. The van der Waals surface area contributed by atoms with E-state index in [-0.39, 0.29) is 24.6 Å². The van der Waals surface area contributed by atoms with Gasteiger partial charge < -0.3 is 15.2 Å². The summed E-state index contributed by atoms with van der Waals surface area (Å²) in [5.41, 5.74) is 2.75. The van der Waals surface area contributed by atoms with Gasteiger partial charge in [-0.05, 0) is 28.3 Å². The molecule has 0 aromatic heterocycles. The summed E-state index contributed by atoms with van der Waals surface area (Å²) in [5, 5.41) is 22.6. The first-order valence-corrected chi connectivity index (χ1v) is 10.3. The number of hydrogen-bond acceptors (Lipinski definition) is 5. The number of nitrogens with zero attached hydrogens (tertiary/aromatic N) is 1. The number of carbonyl (C=O) groups excluding carboxylic acids is 1. The Bertz CT molecular complexity index is 1280. The molecule has 8 nitrogen and oxygen atoms in total. The number of fused-ring (bicyclic) bond motifs is 3. The summed E-state index contributed by atoms with van der Waals surface area (Å²) < 4.78 is 19.5. The number of nitro groups is 1. The van der Waals surface area contributed by atoms with Crippen molar-refractivity contribution in [1.29, 1.82) is 0 Å².